The lowest BCUT2D eigenvalue weighted by Crippen LogP contribution is -2.44. The van der Waals surface area contributed by atoms with Crippen molar-refractivity contribution in [2.45, 2.75) is 25.4 Å². The van der Waals surface area contributed by atoms with Crippen LogP contribution in [0, 0.1) is 5.82 Å². The highest BCUT2D eigenvalue weighted by atomic mass is 19.1. The van der Waals surface area contributed by atoms with E-state index < -0.39 is 0 Å². The lowest BCUT2D eigenvalue weighted by molar-refractivity contribution is 0.174. The van der Waals surface area contributed by atoms with Gasteiger partial charge in [0.25, 0.3) is 0 Å². The zero-order valence-electron chi connectivity index (χ0n) is 17.8. The van der Waals surface area contributed by atoms with Gasteiger partial charge in [-0.05, 0) is 65.9 Å². The van der Waals surface area contributed by atoms with E-state index in [4.69, 9.17) is 14.2 Å². The molecule has 1 aliphatic heterocycles. The van der Waals surface area contributed by atoms with Crippen molar-refractivity contribution in [2.24, 2.45) is 0 Å². The van der Waals surface area contributed by atoms with Crippen molar-refractivity contribution in [3.63, 3.8) is 0 Å². The molecule has 0 spiro atoms. The molecule has 6 nitrogen and oxygen atoms in total. The van der Waals surface area contributed by atoms with Gasteiger partial charge in [0.2, 0.25) is 6.79 Å². The molecule has 0 aliphatic carbocycles. The molecule has 7 heteroatoms. The van der Waals surface area contributed by atoms with E-state index in [1.807, 2.05) is 42.5 Å². The summed E-state index contributed by atoms with van der Waals surface area (Å²) in [4.78, 5) is 12.6. The summed E-state index contributed by atoms with van der Waals surface area (Å²) in [7, 11) is 1.61. The van der Waals surface area contributed by atoms with Crippen LogP contribution in [0.5, 0.6) is 17.2 Å². The molecule has 0 radical (unpaired) electrons. The van der Waals surface area contributed by atoms with Crippen LogP contribution < -0.4 is 24.8 Å². The van der Waals surface area contributed by atoms with Gasteiger partial charge < -0.3 is 24.8 Å². The molecule has 2 N–H and O–H groups in total. The van der Waals surface area contributed by atoms with Crippen molar-refractivity contribution in [1.29, 1.82) is 0 Å². The van der Waals surface area contributed by atoms with Crippen molar-refractivity contribution in [3.8, 4) is 17.2 Å². The summed E-state index contributed by atoms with van der Waals surface area (Å²) >= 11 is 0. The Kier molecular flexibility index (Phi) is 6.75. The molecule has 3 aromatic rings. The Morgan fingerprint density at radius 1 is 0.969 bits per heavy atom. The van der Waals surface area contributed by atoms with Crippen LogP contribution in [-0.4, -0.2) is 26.0 Å². The van der Waals surface area contributed by atoms with Crippen LogP contribution in [0.15, 0.2) is 66.7 Å². The lowest BCUT2D eigenvalue weighted by Gasteiger charge is -2.20. The molecule has 4 rings (SSSR count). The number of halogens is 1. The molecule has 166 valence electrons. The monoisotopic (exact) mass is 436 g/mol. The fourth-order valence-corrected chi connectivity index (χ4v) is 3.63. The first-order chi connectivity index (χ1) is 15.6. The van der Waals surface area contributed by atoms with Crippen molar-refractivity contribution in [1.82, 2.24) is 10.6 Å². The van der Waals surface area contributed by atoms with Crippen molar-refractivity contribution >= 4 is 6.03 Å². The van der Waals surface area contributed by atoms with Crippen LogP contribution >= 0.6 is 0 Å². The van der Waals surface area contributed by atoms with Gasteiger partial charge in [-0.25, -0.2) is 9.18 Å². The summed E-state index contributed by atoms with van der Waals surface area (Å²) in [5.74, 6) is 1.87. The second-order valence-electron chi connectivity index (χ2n) is 7.60. The average Bonchev–Trinajstić information content (AvgIpc) is 3.27. The first kappa shape index (κ1) is 21.5. The minimum Gasteiger partial charge on any atom is -0.497 e. The van der Waals surface area contributed by atoms with E-state index in [0.717, 1.165) is 22.4 Å². The number of urea groups is 1. The molecular weight excluding hydrogens is 411 g/mol. The highest BCUT2D eigenvalue weighted by Crippen LogP contribution is 2.32. The Morgan fingerprint density at radius 3 is 2.53 bits per heavy atom. The number of fused-ring (bicyclic) bond motifs is 1. The smallest absolute Gasteiger partial charge is 0.315 e. The Bertz CT molecular complexity index is 1070. The Labute approximate surface area is 186 Å². The van der Waals surface area contributed by atoms with Gasteiger partial charge in [-0.2, -0.15) is 0 Å². The third-order valence-corrected chi connectivity index (χ3v) is 5.24. The standard InChI is InChI=1S/C25H25FN2O4/c1-30-22-4-2-3-19(13-22)15-27-25(29)28-21(11-17-5-8-20(26)9-6-17)12-18-7-10-23-24(14-18)32-16-31-23/h2-10,13-14,21H,11-12,15-16H2,1H3,(H2,27,28,29)/t21-/m0/s1. The van der Waals surface area contributed by atoms with Crippen LogP contribution in [0.25, 0.3) is 0 Å². The molecule has 0 fully saturated rings. The van der Waals surface area contributed by atoms with Crippen LogP contribution in [0.4, 0.5) is 9.18 Å². The molecule has 1 aliphatic rings. The third-order valence-electron chi connectivity index (χ3n) is 5.24. The van der Waals surface area contributed by atoms with E-state index in [-0.39, 0.29) is 24.7 Å². The minimum atomic E-state index is -0.287. The van der Waals surface area contributed by atoms with Crippen LogP contribution in [0.1, 0.15) is 16.7 Å². The maximum Gasteiger partial charge on any atom is 0.315 e. The fraction of sp³-hybridized carbons (Fsp3) is 0.240. The maximum atomic E-state index is 13.3. The molecule has 0 saturated carbocycles. The van der Waals surface area contributed by atoms with Crippen molar-refractivity contribution < 1.29 is 23.4 Å². The molecule has 0 saturated heterocycles. The quantitative estimate of drug-likeness (QED) is 0.555. The van der Waals surface area contributed by atoms with E-state index in [2.05, 4.69) is 10.6 Å². The highest BCUT2D eigenvalue weighted by molar-refractivity contribution is 5.74. The fourth-order valence-electron chi connectivity index (χ4n) is 3.63. The van der Waals surface area contributed by atoms with Gasteiger partial charge in [0.1, 0.15) is 11.6 Å². The summed E-state index contributed by atoms with van der Waals surface area (Å²) in [6, 6.07) is 19.1. The van der Waals surface area contributed by atoms with E-state index >= 15 is 0 Å². The number of hydrogen-bond donors (Lipinski definition) is 2. The van der Waals surface area contributed by atoms with Gasteiger partial charge in [0.05, 0.1) is 7.11 Å². The molecule has 0 aromatic heterocycles. The molecule has 1 atom stereocenters. The zero-order chi connectivity index (χ0) is 22.3. The van der Waals surface area contributed by atoms with Crippen LogP contribution in [-0.2, 0) is 19.4 Å². The third kappa shape index (κ3) is 5.69. The number of hydrogen-bond acceptors (Lipinski definition) is 4. The second kappa shape index (κ2) is 10.0. The summed E-state index contributed by atoms with van der Waals surface area (Å²) < 4.78 is 29.4. The highest BCUT2D eigenvalue weighted by Gasteiger charge is 2.18. The summed E-state index contributed by atoms with van der Waals surface area (Å²) in [6.45, 7) is 0.582. The number of rotatable bonds is 8. The van der Waals surface area contributed by atoms with E-state index in [9.17, 15) is 9.18 Å². The first-order valence-corrected chi connectivity index (χ1v) is 10.4. The van der Waals surface area contributed by atoms with Gasteiger partial charge in [-0.3, -0.25) is 0 Å². The molecule has 0 bridgehead atoms. The predicted octanol–water partition coefficient (Wildman–Crippen LogP) is 4.22. The van der Waals surface area contributed by atoms with Gasteiger partial charge >= 0.3 is 6.03 Å². The molecule has 0 unspecified atom stereocenters. The number of benzene rings is 3. The number of carbonyl (C=O) groups excluding carboxylic acids is 1. The molecular formula is C25H25FN2O4. The largest absolute Gasteiger partial charge is 0.497 e. The number of nitrogens with one attached hydrogen (secondary N) is 2. The first-order valence-electron chi connectivity index (χ1n) is 10.4. The lowest BCUT2D eigenvalue weighted by atomic mass is 9.98. The summed E-state index contributed by atoms with van der Waals surface area (Å²) in [5.41, 5.74) is 2.88. The van der Waals surface area contributed by atoms with E-state index in [0.29, 0.717) is 30.9 Å². The Balaban J connectivity index is 1.42. The number of carbonyl (C=O) groups is 1. The second-order valence-corrected chi connectivity index (χ2v) is 7.60. The SMILES string of the molecule is COc1cccc(CNC(=O)N[C@@H](Cc2ccc(F)cc2)Cc2ccc3c(c2)OCO3)c1. The van der Waals surface area contributed by atoms with Crippen LogP contribution in [0.2, 0.25) is 0 Å². The molecule has 1 heterocycles. The van der Waals surface area contributed by atoms with Gasteiger partial charge in [-0.15, -0.1) is 0 Å². The van der Waals surface area contributed by atoms with E-state index in [1.165, 1.54) is 12.1 Å². The zero-order valence-corrected chi connectivity index (χ0v) is 17.8. The maximum absolute atomic E-state index is 13.3. The van der Waals surface area contributed by atoms with Crippen molar-refractivity contribution in [3.05, 3.63) is 89.2 Å². The number of methoxy groups -OCH3 is 1. The van der Waals surface area contributed by atoms with Crippen molar-refractivity contribution in [2.75, 3.05) is 13.9 Å². The van der Waals surface area contributed by atoms with Gasteiger partial charge in [-0.1, -0.05) is 30.3 Å². The number of ether oxygens (including phenoxy) is 3. The summed E-state index contributed by atoms with van der Waals surface area (Å²) in [5, 5.41) is 5.94. The van der Waals surface area contributed by atoms with Crippen LogP contribution in [0.3, 0.4) is 0 Å². The Hall–Kier alpha value is -3.74. The van der Waals surface area contributed by atoms with Gasteiger partial charge in [0, 0.05) is 12.6 Å². The van der Waals surface area contributed by atoms with Gasteiger partial charge in [0.15, 0.2) is 11.5 Å². The minimum absolute atomic E-state index is 0.203. The van der Waals surface area contributed by atoms with E-state index in [1.54, 1.807) is 19.2 Å². The topological polar surface area (TPSA) is 68.8 Å². The normalized spacial score (nSPS) is 12.8. The Morgan fingerprint density at radius 2 is 1.72 bits per heavy atom. The number of amides is 2. The molecule has 32 heavy (non-hydrogen) atoms. The predicted molar refractivity (Wildman–Crippen MR) is 119 cm³/mol. The summed E-state index contributed by atoms with van der Waals surface area (Å²) in [6.07, 6.45) is 1.14. The molecule has 2 amide bonds. The molecule has 3 aromatic carbocycles. The average molecular weight is 436 g/mol.